The Labute approximate surface area is 107 Å². The zero-order valence-corrected chi connectivity index (χ0v) is 10.5. The molecule has 1 heterocycles. The lowest BCUT2D eigenvalue weighted by molar-refractivity contribution is 0.490. The van der Waals surface area contributed by atoms with Crippen molar-refractivity contribution in [1.82, 2.24) is 9.78 Å². The van der Waals surface area contributed by atoms with E-state index in [1.165, 1.54) is 6.07 Å². The van der Waals surface area contributed by atoms with Gasteiger partial charge in [-0.05, 0) is 12.3 Å². The molecule has 0 unspecified atom stereocenters. The van der Waals surface area contributed by atoms with Crippen LogP contribution in [0.5, 0.6) is 0 Å². The first kappa shape index (κ1) is 13.5. The molecule has 0 spiro atoms. The lowest BCUT2D eigenvalue weighted by Gasteiger charge is -2.05. The van der Waals surface area contributed by atoms with E-state index in [0.717, 1.165) is 4.68 Å². The molecular formula is C13H13F3N2O. The molecule has 0 fully saturated rings. The zero-order chi connectivity index (χ0) is 14.2. The molecule has 0 aliphatic heterocycles. The van der Waals surface area contributed by atoms with Gasteiger partial charge in [0.1, 0.15) is 5.69 Å². The Bertz CT molecular complexity index is 658. The molecule has 2 aromatic rings. The smallest absolute Gasteiger partial charge is 0.271 e. The summed E-state index contributed by atoms with van der Waals surface area (Å²) < 4.78 is 40.4. The van der Waals surface area contributed by atoms with Crippen LogP contribution in [0.1, 0.15) is 19.5 Å². The second kappa shape index (κ2) is 4.95. The van der Waals surface area contributed by atoms with Gasteiger partial charge in [-0.2, -0.15) is 0 Å². The van der Waals surface area contributed by atoms with Crippen molar-refractivity contribution in [2.24, 2.45) is 5.92 Å². The number of benzene rings is 1. The molecule has 19 heavy (non-hydrogen) atoms. The van der Waals surface area contributed by atoms with Gasteiger partial charge < -0.3 is 0 Å². The third kappa shape index (κ3) is 2.72. The van der Waals surface area contributed by atoms with Crippen molar-refractivity contribution in [3.05, 3.63) is 51.7 Å². The fourth-order valence-electron chi connectivity index (χ4n) is 1.85. The molecule has 0 radical (unpaired) electrons. The van der Waals surface area contributed by atoms with E-state index >= 15 is 0 Å². The molecule has 1 aromatic carbocycles. The number of aromatic nitrogens is 2. The Morgan fingerprint density at radius 1 is 1.11 bits per heavy atom. The predicted octanol–water partition coefficient (Wildman–Crippen LogP) is 2.78. The van der Waals surface area contributed by atoms with Crippen molar-refractivity contribution >= 4 is 0 Å². The van der Waals surface area contributed by atoms with Crippen molar-refractivity contribution in [1.29, 1.82) is 0 Å². The molecule has 1 aromatic heterocycles. The average Bonchev–Trinajstić information content (AvgIpc) is 2.63. The molecule has 0 atom stereocenters. The van der Waals surface area contributed by atoms with Gasteiger partial charge in [-0.25, -0.2) is 17.9 Å². The van der Waals surface area contributed by atoms with E-state index in [9.17, 15) is 18.0 Å². The van der Waals surface area contributed by atoms with Crippen molar-refractivity contribution in [3.63, 3.8) is 0 Å². The molecule has 0 amide bonds. The molecule has 3 nitrogen and oxygen atoms in total. The van der Waals surface area contributed by atoms with Crippen molar-refractivity contribution < 1.29 is 13.2 Å². The molecule has 0 aliphatic carbocycles. The van der Waals surface area contributed by atoms with Crippen LogP contribution in [0.4, 0.5) is 13.2 Å². The average molecular weight is 270 g/mol. The Balaban J connectivity index is 2.50. The molecule has 0 aliphatic rings. The van der Waals surface area contributed by atoms with Crippen LogP contribution in [0.15, 0.2) is 23.0 Å². The van der Waals surface area contributed by atoms with Gasteiger partial charge >= 0.3 is 0 Å². The van der Waals surface area contributed by atoms with E-state index in [-0.39, 0.29) is 5.69 Å². The quantitative estimate of drug-likeness (QED) is 0.856. The van der Waals surface area contributed by atoms with E-state index < -0.39 is 23.0 Å². The van der Waals surface area contributed by atoms with Crippen molar-refractivity contribution in [2.45, 2.75) is 20.3 Å². The largest absolute Gasteiger partial charge is 0.295 e. The molecule has 0 saturated heterocycles. The Kier molecular flexibility index (Phi) is 3.50. The highest BCUT2D eigenvalue weighted by Crippen LogP contribution is 2.16. The fraction of sp³-hybridized carbons (Fsp3) is 0.308. The van der Waals surface area contributed by atoms with Gasteiger partial charge in [-0.3, -0.25) is 9.89 Å². The summed E-state index contributed by atoms with van der Waals surface area (Å²) in [5.41, 5.74) is -0.233. The summed E-state index contributed by atoms with van der Waals surface area (Å²) in [5, 5.41) is 2.69. The van der Waals surface area contributed by atoms with Gasteiger partial charge in [0, 0.05) is 23.9 Å². The van der Waals surface area contributed by atoms with Gasteiger partial charge in [0.15, 0.2) is 17.5 Å². The highest BCUT2D eigenvalue weighted by atomic mass is 19.2. The van der Waals surface area contributed by atoms with E-state index in [1.54, 1.807) is 0 Å². The first-order chi connectivity index (χ1) is 8.88. The molecule has 0 bridgehead atoms. The third-order valence-corrected chi connectivity index (χ3v) is 2.63. The highest BCUT2D eigenvalue weighted by Gasteiger charge is 2.14. The lowest BCUT2D eigenvalue weighted by Crippen LogP contribution is -2.15. The summed E-state index contributed by atoms with van der Waals surface area (Å²) in [4.78, 5) is 11.7. The van der Waals surface area contributed by atoms with Crippen LogP contribution in [-0.4, -0.2) is 9.78 Å². The van der Waals surface area contributed by atoms with Crippen LogP contribution in [0.2, 0.25) is 0 Å². The third-order valence-electron chi connectivity index (χ3n) is 2.63. The molecule has 102 valence electrons. The van der Waals surface area contributed by atoms with Gasteiger partial charge in [0.2, 0.25) is 0 Å². The van der Waals surface area contributed by atoms with Crippen LogP contribution in [0, 0.1) is 23.4 Å². The topological polar surface area (TPSA) is 37.8 Å². The second-order valence-electron chi connectivity index (χ2n) is 4.77. The molecule has 1 N–H and O–H groups in total. The molecular weight excluding hydrogens is 257 g/mol. The standard InChI is InChI=1S/C13H13F3N2O/c1-7(2)3-8-4-13(19)18(17-8)12-6-10(15)9(14)5-11(12)16/h4-7,17H,3H2,1-2H3. The van der Waals surface area contributed by atoms with Gasteiger partial charge in [-0.15, -0.1) is 0 Å². The van der Waals surface area contributed by atoms with Crippen LogP contribution < -0.4 is 5.56 Å². The van der Waals surface area contributed by atoms with E-state index in [1.807, 2.05) is 13.8 Å². The number of hydrogen-bond acceptors (Lipinski definition) is 1. The van der Waals surface area contributed by atoms with E-state index in [4.69, 9.17) is 0 Å². The van der Waals surface area contributed by atoms with E-state index in [2.05, 4.69) is 5.10 Å². The second-order valence-corrected chi connectivity index (χ2v) is 4.77. The normalized spacial score (nSPS) is 11.3. The zero-order valence-electron chi connectivity index (χ0n) is 10.5. The number of nitrogens with one attached hydrogen (secondary N) is 1. The van der Waals surface area contributed by atoms with Gasteiger partial charge in [-0.1, -0.05) is 13.8 Å². The van der Waals surface area contributed by atoms with Crippen LogP contribution in [0.3, 0.4) is 0 Å². The van der Waals surface area contributed by atoms with Crippen molar-refractivity contribution in [3.8, 4) is 5.69 Å². The number of halogens is 3. The summed E-state index contributed by atoms with van der Waals surface area (Å²) in [6.07, 6.45) is 0.605. The van der Waals surface area contributed by atoms with Gasteiger partial charge in [0.25, 0.3) is 5.56 Å². The van der Waals surface area contributed by atoms with Crippen LogP contribution >= 0.6 is 0 Å². The number of H-pyrrole nitrogens is 1. The Hall–Kier alpha value is -1.98. The maximum absolute atomic E-state index is 13.6. The summed E-state index contributed by atoms with van der Waals surface area (Å²) in [5.74, 6) is -3.19. The molecule has 6 heteroatoms. The molecule has 0 saturated carbocycles. The minimum absolute atomic E-state index is 0.307. The Morgan fingerprint density at radius 3 is 2.37 bits per heavy atom. The highest BCUT2D eigenvalue weighted by molar-refractivity contribution is 5.34. The first-order valence-electron chi connectivity index (χ1n) is 5.84. The number of nitrogens with zero attached hydrogens (tertiary/aromatic N) is 1. The summed E-state index contributed by atoms with van der Waals surface area (Å²) in [6.45, 7) is 3.93. The minimum Gasteiger partial charge on any atom is -0.295 e. The summed E-state index contributed by atoms with van der Waals surface area (Å²) in [6, 6.07) is 2.39. The maximum Gasteiger partial charge on any atom is 0.271 e. The van der Waals surface area contributed by atoms with Crippen LogP contribution in [-0.2, 0) is 6.42 Å². The van der Waals surface area contributed by atoms with Crippen molar-refractivity contribution in [2.75, 3.05) is 0 Å². The minimum atomic E-state index is -1.29. The van der Waals surface area contributed by atoms with Gasteiger partial charge in [0.05, 0.1) is 0 Å². The van der Waals surface area contributed by atoms with E-state index in [0.29, 0.717) is 30.2 Å². The number of rotatable bonds is 3. The number of hydrogen-bond donors (Lipinski definition) is 1. The Morgan fingerprint density at radius 2 is 1.74 bits per heavy atom. The monoisotopic (exact) mass is 270 g/mol. The summed E-state index contributed by atoms with van der Waals surface area (Å²) in [7, 11) is 0. The predicted molar refractivity (Wildman–Crippen MR) is 64.8 cm³/mol. The lowest BCUT2D eigenvalue weighted by atomic mass is 10.1. The maximum atomic E-state index is 13.6. The van der Waals surface area contributed by atoms with Crippen LogP contribution in [0.25, 0.3) is 5.69 Å². The first-order valence-corrected chi connectivity index (χ1v) is 5.84. The summed E-state index contributed by atoms with van der Waals surface area (Å²) >= 11 is 0. The number of aromatic amines is 1. The molecule has 2 rings (SSSR count). The fourth-order valence-corrected chi connectivity index (χ4v) is 1.85. The SMILES string of the molecule is CC(C)Cc1cc(=O)n(-c2cc(F)c(F)cc2F)[nH]1.